The number of pyridine rings is 1. The Balaban J connectivity index is 2.11. The van der Waals surface area contributed by atoms with Crippen molar-refractivity contribution in [2.45, 2.75) is 24.8 Å². The fourth-order valence-corrected chi connectivity index (χ4v) is 3.31. The third kappa shape index (κ3) is 3.78. The zero-order chi connectivity index (χ0) is 20.6. The van der Waals surface area contributed by atoms with Gasteiger partial charge in [-0.2, -0.15) is 13.2 Å². The monoisotopic (exact) mass is 389 g/mol. The van der Waals surface area contributed by atoms with E-state index < -0.39 is 36.2 Å². The number of halogens is 5. The van der Waals surface area contributed by atoms with Crippen molar-refractivity contribution in [1.29, 1.82) is 0 Å². The van der Waals surface area contributed by atoms with Crippen LogP contribution in [0.2, 0.25) is 5.15 Å². The van der Waals surface area contributed by atoms with E-state index in [0.717, 1.165) is 0 Å². The van der Waals surface area contributed by atoms with Gasteiger partial charge in [0.25, 0.3) is 0 Å². The van der Waals surface area contributed by atoms with Crippen LogP contribution in [0.1, 0.15) is 14.9 Å². The summed E-state index contributed by atoms with van der Waals surface area (Å²) in [4.78, 5) is 5.61. The Morgan fingerprint density at radius 3 is 2.85 bits per heavy atom. The smallest absolute Gasteiger partial charge is 0.379 e. The molecule has 0 saturated carbocycles. The normalized spacial score (nSPS) is 22.7. The van der Waals surface area contributed by atoms with E-state index >= 15 is 0 Å². The number of nitrogens with one attached hydrogen (secondary N) is 1. The van der Waals surface area contributed by atoms with Crippen molar-refractivity contribution in [3.05, 3.63) is 41.6 Å². The maximum Gasteiger partial charge on any atom is 0.417 e. The standard InChI is InChI=1S/C18H18ClF4N3/c1-10(18(21,22)23)17-11-4-3-5-14(12(11)8-16(19)25-17)24-15-6-7-26(2)9-13(15)20/h3-5,8,13,15,24H,1,6-7,9H2,2H3/t13-,15+/m0/s1/i1D2. The number of benzene rings is 1. The number of rotatable bonds is 3. The van der Waals surface area contributed by atoms with Gasteiger partial charge in [0.05, 0.1) is 20.1 Å². The predicted molar refractivity (Wildman–Crippen MR) is 96.3 cm³/mol. The van der Waals surface area contributed by atoms with Crippen molar-refractivity contribution in [3.63, 3.8) is 0 Å². The molecule has 8 heteroatoms. The quantitative estimate of drug-likeness (QED) is 0.596. The highest BCUT2D eigenvalue weighted by atomic mass is 35.5. The molecule has 1 fully saturated rings. The van der Waals surface area contributed by atoms with E-state index in [1.165, 1.54) is 18.2 Å². The van der Waals surface area contributed by atoms with Gasteiger partial charge in [-0.3, -0.25) is 0 Å². The van der Waals surface area contributed by atoms with Gasteiger partial charge in [-0.15, -0.1) is 0 Å². The summed E-state index contributed by atoms with van der Waals surface area (Å²) in [6, 6.07) is 5.47. The number of allylic oxidation sites excluding steroid dienone is 1. The Kier molecular flexibility index (Phi) is 4.42. The number of anilines is 1. The van der Waals surface area contributed by atoms with Gasteiger partial charge in [-0.25, -0.2) is 9.37 Å². The summed E-state index contributed by atoms with van der Waals surface area (Å²) in [5.74, 6) is 0. The summed E-state index contributed by atoms with van der Waals surface area (Å²) >= 11 is 5.95. The van der Waals surface area contributed by atoms with Gasteiger partial charge in [0, 0.05) is 29.5 Å². The molecule has 140 valence electrons. The number of nitrogens with zero attached hydrogens (tertiary/aromatic N) is 2. The number of hydrogen-bond donors (Lipinski definition) is 1. The molecular formula is C18H18ClF4N3. The van der Waals surface area contributed by atoms with Gasteiger partial charge < -0.3 is 10.2 Å². The summed E-state index contributed by atoms with van der Waals surface area (Å²) in [6.07, 6.45) is -5.54. The molecule has 1 aromatic carbocycles. The molecule has 1 aliphatic heterocycles. The molecule has 1 aromatic heterocycles. The molecule has 0 unspecified atom stereocenters. The lowest BCUT2D eigenvalue weighted by atomic mass is 10.0. The third-order valence-electron chi connectivity index (χ3n) is 4.45. The van der Waals surface area contributed by atoms with E-state index in [9.17, 15) is 17.6 Å². The minimum absolute atomic E-state index is 0.0852. The molecule has 0 aliphatic carbocycles. The fraction of sp³-hybridized carbons (Fsp3) is 0.389. The maximum absolute atomic E-state index is 14.4. The van der Waals surface area contributed by atoms with E-state index in [0.29, 0.717) is 24.0 Å². The summed E-state index contributed by atoms with van der Waals surface area (Å²) in [5.41, 5.74) is -1.63. The lowest BCUT2D eigenvalue weighted by Gasteiger charge is -2.33. The predicted octanol–water partition coefficient (Wildman–Crippen LogP) is 4.92. The number of likely N-dealkylation sites (tertiary alicyclic amines) is 1. The van der Waals surface area contributed by atoms with E-state index in [2.05, 4.69) is 10.3 Å². The summed E-state index contributed by atoms with van der Waals surface area (Å²) in [6.45, 7) is -0.447. The van der Waals surface area contributed by atoms with Crippen LogP contribution in [0.3, 0.4) is 0 Å². The van der Waals surface area contributed by atoms with E-state index in [1.54, 1.807) is 6.07 Å². The van der Waals surface area contributed by atoms with Gasteiger partial charge in [0.2, 0.25) is 0 Å². The maximum atomic E-state index is 14.4. The van der Waals surface area contributed by atoms with Crippen molar-refractivity contribution in [2.75, 3.05) is 25.5 Å². The molecule has 2 atom stereocenters. The molecule has 0 spiro atoms. The largest absolute Gasteiger partial charge is 0.417 e. The van der Waals surface area contributed by atoms with Crippen LogP contribution in [-0.2, 0) is 0 Å². The third-order valence-corrected chi connectivity index (χ3v) is 4.64. The molecule has 0 bridgehead atoms. The average molecular weight is 390 g/mol. The summed E-state index contributed by atoms with van der Waals surface area (Å²) in [7, 11) is 1.82. The van der Waals surface area contributed by atoms with Crippen LogP contribution < -0.4 is 5.32 Å². The van der Waals surface area contributed by atoms with E-state index in [1.807, 2.05) is 11.9 Å². The van der Waals surface area contributed by atoms with Gasteiger partial charge in [-0.05, 0) is 25.6 Å². The first-order chi connectivity index (χ1) is 13.1. The Hall–Kier alpha value is -1.86. The summed E-state index contributed by atoms with van der Waals surface area (Å²) in [5, 5.41) is 3.28. The Morgan fingerprint density at radius 1 is 1.42 bits per heavy atom. The van der Waals surface area contributed by atoms with Crippen molar-refractivity contribution < 1.29 is 20.3 Å². The number of aromatic nitrogens is 1. The second kappa shape index (κ2) is 7.04. The SMILES string of the molecule is [2H]C([2H])=C(c1nc(Cl)cc2c(N[C@@H]3CCN(C)C[C@@H]3F)cccc12)C(F)(F)F. The number of piperidine rings is 1. The van der Waals surface area contributed by atoms with Gasteiger partial charge >= 0.3 is 6.18 Å². The van der Waals surface area contributed by atoms with Crippen LogP contribution in [0.15, 0.2) is 30.8 Å². The molecule has 0 amide bonds. The molecule has 1 N–H and O–H groups in total. The van der Waals surface area contributed by atoms with Crippen molar-refractivity contribution in [1.82, 2.24) is 9.88 Å². The van der Waals surface area contributed by atoms with Crippen LogP contribution >= 0.6 is 11.6 Å². The van der Waals surface area contributed by atoms with E-state index in [4.69, 9.17) is 14.3 Å². The first-order valence-corrected chi connectivity index (χ1v) is 8.39. The Morgan fingerprint density at radius 2 is 2.19 bits per heavy atom. The Labute approximate surface area is 156 Å². The highest BCUT2D eigenvalue weighted by Gasteiger charge is 2.35. The van der Waals surface area contributed by atoms with Crippen LogP contribution in [0.25, 0.3) is 16.3 Å². The zero-order valence-corrected chi connectivity index (χ0v) is 14.6. The van der Waals surface area contributed by atoms with Crippen LogP contribution in [0, 0.1) is 0 Å². The highest BCUT2D eigenvalue weighted by Crippen LogP contribution is 2.38. The van der Waals surface area contributed by atoms with Gasteiger partial charge in [0.15, 0.2) is 0 Å². The highest BCUT2D eigenvalue weighted by molar-refractivity contribution is 6.30. The second-order valence-corrected chi connectivity index (χ2v) is 6.77. The lowest BCUT2D eigenvalue weighted by Crippen LogP contribution is -2.46. The van der Waals surface area contributed by atoms with E-state index in [-0.39, 0.29) is 17.1 Å². The molecule has 2 aromatic rings. The van der Waals surface area contributed by atoms with Crippen molar-refractivity contribution in [3.8, 4) is 0 Å². The molecule has 3 rings (SSSR count). The van der Waals surface area contributed by atoms with Gasteiger partial charge in [0.1, 0.15) is 11.3 Å². The lowest BCUT2D eigenvalue weighted by molar-refractivity contribution is -0.0688. The van der Waals surface area contributed by atoms with Crippen molar-refractivity contribution >= 4 is 33.6 Å². The minimum Gasteiger partial charge on any atom is -0.379 e. The van der Waals surface area contributed by atoms with Crippen LogP contribution in [-0.4, -0.2) is 48.4 Å². The second-order valence-electron chi connectivity index (χ2n) is 6.38. The molecule has 3 nitrogen and oxygen atoms in total. The molecule has 1 aliphatic rings. The number of fused-ring (bicyclic) bond motifs is 1. The first-order valence-electron chi connectivity index (χ1n) is 9.01. The molecule has 2 heterocycles. The molecule has 0 radical (unpaired) electrons. The number of alkyl halides is 4. The van der Waals surface area contributed by atoms with Crippen LogP contribution in [0.5, 0.6) is 0 Å². The van der Waals surface area contributed by atoms with Crippen molar-refractivity contribution in [2.24, 2.45) is 0 Å². The minimum atomic E-state index is -4.94. The van der Waals surface area contributed by atoms with Gasteiger partial charge in [-0.1, -0.05) is 30.3 Å². The van der Waals surface area contributed by atoms with Crippen LogP contribution in [0.4, 0.5) is 23.2 Å². The number of hydrogen-bond acceptors (Lipinski definition) is 3. The summed E-state index contributed by atoms with van der Waals surface area (Å²) < 4.78 is 69.2. The molecule has 1 saturated heterocycles. The average Bonchev–Trinajstić information content (AvgIpc) is 2.56. The Bertz CT molecular complexity index is 916. The topological polar surface area (TPSA) is 28.2 Å². The first kappa shape index (κ1) is 16.3. The fourth-order valence-electron chi connectivity index (χ4n) is 3.12. The zero-order valence-electron chi connectivity index (χ0n) is 15.9. The molecular weight excluding hydrogens is 370 g/mol. The molecule has 26 heavy (non-hydrogen) atoms.